The molecule has 9 heavy (non-hydrogen) atoms. The molecule has 0 bridgehead atoms. The maximum absolute atomic E-state index is 10.1. The summed E-state index contributed by atoms with van der Waals surface area (Å²) < 4.78 is 0. The summed E-state index contributed by atoms with van der Waals surface area (Å²) in [5.41, 5.74) is 5.95. The molecule has 1 atom stereocenters. The number of carbonyl (C=O) groups is 1. The minimum atomic E-state index is -0.974. The molecule has 0 aromatic rings. The summed E-state index contributed by atoms with van der Waals surface area (Å²) in [7, 11) is 0. The molecule has 0 aromatic heterocycles. The van der Waals surface area contributed by atoms with Crippen molar-refractivity contribution in [2.45, 2.75) is 19.4 Å². The van der Waals surface area contributed by atoms with E-state index in [0.717, 1.165) is 5.57 Å². The van der Waals surface area contributed by atoms with Gasteiger partial charge in [-0.3, -0.25) is 4.79 Å². The van der Waals surface area contributed by atoms with Gasteiger partial charge in [0, 0.05) is 0 Å². The van der Waals surface area contributed by atoms with Crippen LogP contribution in [0.3, 0.4) is 0 Å². The number of hydrogen-bond donors (Lipinski definition) is 2. The van der Waals surface area contributed by atoms with Crippen LogP contribution in [0.1, 0.15) is 13.3 Å². The maximum atomic E-state index is 10.1. The van der Waals surface area contributed by atoms with Gasteiger partial charge >= 0.3 is 5.97 Å². The van der Waals surface area contributed by atoms with Crippen LogP contribution in [0.15, 0.2) is 12.2 Å². The maximum Gasteiger partial charge on any atom is 0.320 e. The second kappa shape index (κ2) is 3.25. The van der Waals surface area contributed by atoms with E-state index in [9.17, 15) is 4.79 Å². The predicted molar refractivity (Wildman–Crippen MR) is 35.0 cm³/mol. The molecule has 0 amide bonds. The summed E-state index contributed by atoms with van der Waals surface area (Å²) in [5.74, 6) is -0.974. The number of aliphatic carboxylic acids is 1. The first kappa shape index (κ1) is 8.17. The third-order valence-corrected chi connectivity index (χ3v) is 0.886. The largest absolute Gasteiger partial charge is 0.480 e. The van der Waals surface area contributed by atoms with Crippen molar-refractivity contribution in [2.75, 3.05) is 0 Å². The fourth-order valence-corrected chi connectivity index (χ4v) is 0.463. The van der Waals surface area contributed by atoms with Gasteiger partial charge in [-0.2, -0.15) is 0 Å². The molecule has 3 nitrogen and oxygen atoms in total. The fourth-order valence-electron chi connectivity index (χ4n) is 0.463. The molecule has 0 saturated heterocycles. The van der Waals surface area contributed by atoms with Crippen molar-refractivity contribution in [2.24, 2.45) is 5.73 Å². The van der Waals surface area contributed by atoms with Gasteiger partial charge in [0.25, 0.3) is 0 Å². The number of hydrogen-bond acceptors (Lipinski definition) is 2. The van der Waals surface area contributed by atoms with Crippen LogP contribution in [0.2, 0.25) is 0 Å². The molecule has 1 unspecified atom stereocenters. The van der Waals surface area contributed by atoms with Gasteiger partial charge in [-0.15, -0.1) is 6.58 Å². The standard InChI is InChI=1S/C6H11NO2/c1-4(2)3-5(7)6(8)9/h5H,1,3,7H2,2H3,(H,8,9). The van der Waals surface area contributed by atoms with Gasteiger partial charge in [0.05, 0.1) is 0 Å². The first-order valence-corrected chi connectivity index (χ1v) is 2.67. The van der Waals surface area contributed by atoms with Crippen molar-refractivity contribution in [3.63, 3.8) is 0 Å². The number of carboxylic acids is 1. The lowest BCUT2D eigenvalue weighted by molar-refractivity contribution is -0.138. The molecule has 0 heterocycles. The predicted octanol–water partition coefficient (Wildman–Crippen LogP) is 0.365. The Hall–Kier alpha value is -0.830. The quantitative estimate of drug-likeness (QED) is 0.541. The molecule has 0 saturated carbocycles. The topological polar surface area (TPSA) is 63.3 Å². The zero-order valence-corrected chi connectivity index (χ0v) is 5.42. The van der Waals surface area contributed by atoms with Gasteiger partial charge in [0.15, 0.2) is 0 Å². The first-order valence-electron chi connectivity index (χ1n) is 2.67. The van der Waals surface area contributed by atoms with E-state index in [-0.39, 0.29) is 0 Å². The lowest BCUT2D eigenvalue weighted by Crippen LogP contribution is -2.29. The Morgan fingerprint density at radius 2 is 2.33 bits per heavy atom. The van der Waals surface area contributed by atoms with Crippen molar-refractivity contribution in [1.29, 1.82) is 0 Å². The van der Waals surface area contributed by atoms with E-state index in [2.05, 4.69) is 6.58 Å². The van der Waals surface area contributed by atoms with Crippen LogP contribution in [0, 0.1) is 0 Å². The van der Waals surface area contributed by atoms with Gasteiger partial charge in [-0.1, -0.05) is 5.57 Å². The highest BCUT2D eigenvalue weighted by Gasteiger charge is 2.09. The van der Waals surface area contributed by atoms with E-state index >= 15 is 0 Å². The van der Waals surface area contributed by atoms with Crippen LogP contribution >= 0.6 is 0 Å². The smallest absolute Gasteiger partial charge is 0.320 e. The first-order chi connectivity index (χ1) is 4.04. The summed E-state index contributed by atoms with van der Waals surface area (Å²) in [4.78, 5) is 10.1. The van der Waals surface area contributed by atoms with E-state index in [1.807, 2.05) is 0 Å². The number of carboxylic acid groups (broad SMARTS) is 1. The van der Waals surface area contributed by atoms with E-state index in [1.54, 1.807) is 6.92 Å². The van der Waals surface area contributed by atoms with Gasteiger partial charge in [-0.05, 0) is 13.3 Å². The Morgan fingerprint density at radius 1 is 1.89 bits per heavy atom. The fraction of sp³-hybridized carbons (Fsp3) is 0.500. The minimum absolute atomic E-state index is 0.356. The van der Waals surface area contributed by atoms with E-state index < -0.39 is 12.0 Å². The van der Waals surface area contributed by atoms with Crippen LogP contribution in [0.5, 0.6) is 0 Å². The summed E-state index contributed by atoms with van der Waals surface area (Å²) >= 11 is 0. The van der Waals surface area contributed by atoms with Gasteiger partial charge in [-0.25, -0.2) is 0 Å². The molecule has 0 spiro atoms. The average Bonchev–Trinajstić information content (AvgIpc) is 1.63. The lowest BCUT2D eigenvalue weighted by atomic mass is 10.1. The monoisotopic (exact) mass is 129 g/mol. The highest BCUT2D eigenvalue weighted by atomic mass is 16.4. The minimum Gasteiger partial charge on any atom is -0.480 e. The van der Waals surface area contributed by atoms with E-state index in [0.29, 0.717) is 6.42 Å². The van der Waals surface area contributed by atoms with E-state index in [1.165, 1.54) is 0 Å². The molecule has 0 aliphatic carbocycles. The molecule has 3 N–H and O–H groups in total. The van der Waals surface area contributed by atoms with Gasteiger partial charge < -0.3 is 10.8 Å². The third kappa shape index (κ3) is 3.73. The van der Waals surface area contributed by atoms with Crippen LogP contribution in [-0.4, -0.2) is 17.1 Å². The molecule has 0 aliphatic heterocycles. The number of nitrogens with two attached hydrogens (primary N) is 1. The molecule has 0 aromatic carbocycles. The Morgan fingerprint density at radius 3 is 2.44 bits per heavy atom. The molecule has 52 valence electrons. The van der Waals surface area contributed by atoms with Crippen LogP contribution in [0.4, 0.5) is 0 Å². The normalized spacial score (nSPS) is 12.7. The van der Waals surface area contributed by atoms with E-state index in [4.69, 9.17) is 10.8 Å². The zero-order valence-electron chi connectivity index (χ0n) is 5.42. The second-order valence-corrected chi connectivity index (χ2v) is 2.11. The van der Waals surface area contributed by atoms with Crippen LogP contribution < -0.4 is 5.73 Å². The Bertz CT molecular complexity index is 131. The molecular formula is C6H11NO2. The van der Waals surface area contributed by atoms with Crippen LogP contribution in [-0.2, 0) is 4.79 Å². The summed E-state index contributed by atoms with van der Waals surface area (Å²) in [6.45, 7) is 5.29. The van der Waals surface area contributed by atoms with Crippen molar-refractivity contribution < 1.29 is 9.90 Å². The highest BCUT2D eigenvalue weighted by Crippen LogP contribution is 1.98. The lowest BCUT2D eigenvalue weighted by Gasteiger charge is -2.03. The molecule has 3 heteroatoms. The molecule has 0 radical (unpaired) electrons. The average molecular weight is 129 g/mol. The summed E-state index contributed by atoms with van der Waals surface area (Å²) in [5, 5.41) is 8.26. The zero-order chi connectivity index (χ0) is 7.44. The third-order valence-electron chi connectivity index (χ3n) is 0.886. The molecule has 0 rings (SSSR count). The van der Waals surface area contributed by atoms with Crippen molar-refractivity contribution in [3.8, 4) is 0 Å². The van der Waals surface area contributed by atoms with Crippen molar-refractivity contribution >= 4 is 5.97 Å². The summed E-state index contributed by atoms with van der Waals surface area (Å²) in [6.07, 6.45) is 0.356. The SMILES string of the molecule is C=C(C)CC(N)C(=O)O. The van der Waals surface area contributed by atoms with Crippen molar-refractivity contribution in [1.82, 2.24) is 0 Å². The Kier molecular flexibility index (Phi) is 2.95. The van der Waals surface area contributed by atoms with Gasteiger partial charge in [0.1, 0.15) is 6.04 Å². The molecule has 0 fully saturated rings. The molecule has 0 aliphatic rings. The Balaban J connectivity index is 3.63. The second-order valence-electron chi connectivity index (χ2n) is 2.11. The van der Waals surface area contributed by atoms with Crippen LogP contribution in [0.25, 0.3) is 0 Å². The summed E-state index contributed by atoms with van der Waals surface area (Å²) in [6, 6.07) is -0.789. The number of rotatable bonds is 3. The van der Waals surface area contributed by atoms with Gasteiger partial charge in [0.2, 0.25) is 0 Å². The highest BCUT2D eigenvalue weighted by molar-refractivity contribution is 5.73. The molecular weight excluding hydrogens is 118 g/mol. The van der Waals surface area contributed by atoms with Crippen molar-refractivity contribution in [3.05, 3.63) is 12.2 Å². The Labute approximate surface area is 54.2 Å².